The summed E-state index contributed by atoms with van der Waals surface area (Å²) in [5.74, 6) is 2.32. The van der Waals surface area contributed by atoms with E-state index in [0.29, 0.717) is 31.5 Å². The van der Waals surface area contributed by atoms with Crippen LogP contribution in [0.3, 0.4) is 0 Å². The van der Waals surface area contributed by atoms with E-state index in [0.717, 1.165) is 56.5 Å². The normalized spacial score (nSPS) is 13.1. The molecule has 0 aromatic carbocycles. The molecule has 35 heavy (non-hydrogen) atoms. The molecule has 0 radical (unpaired) electrons. The molecule has 208 valence electrons. The minimum atomic E-state index is -0.386. The molecule has 0 aromatic rings. The Kier molecular flexibility index (Phi) is 15.8. The standard InChI is InChI=1S/C29H58N2O3S/c1-11-28(12-2,25(33)31-20-22-35-23-27(8,9)10)18-21-34-29(13-3,14-4)17-19-30-24(32)15-16-26(5,6)7/h11-23H2,1-10H3,(H,30,32)(H,31,33). The van der Waals surface area contributed by atoms with Crippen LogP contribution in [-0.4, -0.2) is 48.6 Å². The summed E-state index contributed by atoms with van der Waals surface area (Å²) in [4.78, 5) is 25.4. The van der Waals surface area contributed by atoms with E-state index in [2.05, 4.69) is 79.9 Å². The largest absolute Gasteiger partial charge is 0.375 e. The molecule has 0 saturated carbocycles. The Bertz CT molecular complexity index is 600. The van der Waals surface area contributed by atoms with E-state index < -0.39 is 0 Å². The first-order valence-corrected chi connectivity index (χ1v) is 15.1. The lowest BCUT2D eigenvalue weighted by Crippen LogP contribution is -2.43. The van der Waals surface area contributed by atoms with Gasteiger partial charge in [0.15, 0.2) is 0 Å². The predicted octanol–water partition coefficient (Wildman–Crippen LogP) is 6.99. The zero-order valence-corrected chi connectivity index (χ0v) is 25.6. The fourth-order valence-corrected chi connectivity index (χ4v) is 5.19. The van der Waals surface area contributed by atoms with Crippen molar-refractivity contribution in [2.24, 2.45) is 16.2 Å². The SMILES string of the molecule is CCC(CC)(CCNC(=O)CCC(C)(C)C)OCCC(CC)(CC)C(=O)NCCSCC(C)(C)C. The zero-order valence-electron chi connectivity index (χ0n) is 24.8. The Morgan fingerprint density at radius 1 is 0.743 bits per heavy atom. The second kappa shape index (κ2) is 16.2. The quantitative estimate of drug-likeness (QED) is 0.194. The predicted molar refractivity (Wildman–Crippen MR) is 153 cm³/mol. The maximum atomic E-state index is 13.1. The van der Waals surface area contributed by atoms with Gasteiger partial charge in [-0.05, 0) is 61.5 Å². The Labute approximate surface area is 222 Å². The van der Waals surface area contributed by atoms with E-state index >= 15 is 0 Å². The van der Waals surface area contributed by atoms with Crippen LogP contribution in [0.15, 0.2) is 0 Å². The van der Waals surface area contributed by atoms with Gasteiger partial charge >= 0.3 is 0 Å². The van der Waals surface area contributed by atoms with Gasteiger partial charge in [0.05, 0.1) is 11.0 Å². The molecule has 0 rings (SSSR count). The Balaban J connectivity index is 4.74. The number of hydrogen-bond donors (Lipinski definition) is 2. The molecule has 0 heterocycles. The monoisotopic (exact) mass is 514 g/mol. The van der Waals surface area contributed by atoms with Gasteiger partial charge in [-0.25, -0.2) is 0 Å². The summed E-state index contributed by atoms with van der Waals surface area (Å²) in [6.07, 6.45) is 6.37. The summed E-state index contributed by atoms with van der Waals surface area (Å²) >= 11 is 1.90. The van der Waals surface area contributed by atoms with Crippen molar-refractivity contribution in [1.82, 2.24) is 10.6 Å². The van der Waals surface area contributed by atoms with Gasteiger partial charge < -0.3 is 15.4 Å². The number of thioether (sulfide) groups is 1. The Morgan fingerprint density at radius 3 is 1.83 bits per heavy atom. The number of rotatable bonds is 18. The van der Waals surface area contributed by atoms with Crippen LogP contribution < -0.4 is 10.6 Å². The maximum Gasteiger partial charge on any atom is 0.226 e. The number of hydrogen-bond acceptors (Lipinski definition) is 4. The number of nitrogens with one attached hydrogen (secondary N) is 2. The van der Waals surface area contributed by atoms with Crippen LogP contribution in [0.5, 0.6) is 0 Å². The van der Waals surface area contributed by atoms with Crippen LogP contribution in [0.2, 0.25) is 0 Å². The summed E-state index contributed by atoms with van der Waals surface area (Å²) in [5, 5.41) is 6.28. The highest BCUT2D eigenvalue weighted by Gasteiger charge is 2.36. The van der Waals surface area contributed by atoms with E-state index in [1.54, 1.807) is 0 Å². The number of carbonyl (C=O) groups is 2. The van der Waals surface area contributed by atoms with Crippen LogP contribution in [0, 0.1) is 16.2 Å². The number of ether oxygens (including phenoxy) is 1. The Hall–Kier alpha value is -0.750. The van der Waals surface area contributed by atoms with E-state index in [9.17, 15) is 9.59 Å². The molecule has 2 N–H and O–H groups in total. The molecule has 0 aliphatic heterocycles. The minimum Gasteiger partial charge on any atom is -0.375 e. The smallest absolute Gasteiger partial charge is 0.226 e. The van der Waals surface area contributed by atoms with Gasteiger partial charge in [0.1, 0.15) is 0 Å². The fraction of sp³-hybridized carbons (Fsp3) is 0.931. The van der Waals surface area contributed by atoms with Gasteiger partial charge in [0, 0.05) is 31.9 Å². The molecule has 0 fully saturated rings. The lowest BCUT2D eigenvalue weighted by Gasteiger charge is -2.35. The van der Waals surface area contributed by atoms with Gasteiger partial charge in [-0.15, -0.1) is 0 Å². The van der Waals surface area contributed by atoms with Crippen molar-refractivity contribution < 1.29 is 14.3 Å². The van der Waals surface area contributed by atoms with E-state index in [4.69, 9.17) is 4.74 Å². The fourth-order valence-electron chi connectivity index (χ4n) is 4.19. The van der Waals surface area contributed by atoms with Gasteiger partial charge in [0.25, 0.3) is 0 Å². The highest BCUT2D eigenvalue weighted by atomic mass is 32.2. The third-order valence-electron chi connectivity index (χ3n) is 7.18. The zero-order chi connectivity index (χ0) is 27.2. The first-order valence-electron chi connectivity index (χ1n) is 13.9. The maximum absolute atomic E-state index is 13.1. The molecular formula is C29H58N2O3S. The third kappa shape index (κ3) is 14.5. The summed E-state index contributed by atoms with van der Waals surface area (Å²) in [6.45, 7) is 23.6. The summed E-state index contributed by atoms with van der Waals surface area (Å²) < 4.78 is 6.48. The summed E-state index contributed by atoms with van der Waals surface area (Å²) in [7, 11) is 0. The van der Waals surface area contributed by atoms with E-state index in [1.807, 2.05) is 11.8 Å². The van der Waals surface area contributed by atoms with Gasteiger partial charge in [-0.1, -0.05) is 69.2 Å². The van der Waals surface area contributed by atoms with E-state index in [1.165, 1.54) is 0 Å². The topological polar surface area (TPSA) is 67.4 Å². The van der Waals surface area contributed by atoms with Gasteiger partial charge in [0.2, 0.25) is 11.8 Å². The van der Waals surface area contributed by atoms with Crippen LogP contribution in [-0.2, 0) is 14.3 Å². The molecular weight excluding hydrogens is 456 g/mol. The van der Waals surface area contributed by atoms with Crippen molar-refractivity contribution >= 4 is 23.6 Å². The number of carbonyl (C=O) groups excluding carboxylic acids is 2. The molecule has 0 aromatic heterocycles. The van der Waals surface area contributed by atoms with Crippen molar-refractivity contribution in [2.45, 2.75) is 126 Å². The average Bonchev–Trinajstić information content (AvgIpc) is 2.78. The van der Waals surface area contributed by atoms with Crippen LogP contribution in [0.25, 0.3) is 0 Å². The van der Waals surface area contributed by atoms with E-state index in [-0.39, 0.29) is 28.2 Å². The van der Waals surface area contributed by atoms with Gasteiger partial charge in [-0.3, -0.25) is 9.59 Å². The third-order valence-corrected chi connectivity index (χ3v) is 8.75. The van der Waals surface area contributed by atoms with Crippen molar-refractivity contribution in [2.75, 3.05) is 31.2 Å². The van der Waals surface area contributed by atoms with Crippen molar-refractivity contribution in [3.8, 4) is 0 Å². The molecule has 0 atom stereocenters. The van der Waals surface area contributed by atoms with Crippen LogP contribution in [0.1, 0.15) is 121 Å². The first-order chi connectivity index (χ1) is 16.2. The molecule has 0 saturated heterocycles. The first kappa shape index (κ1) is 34.2. The molecule has 0 bridgehead atoms. The highest BCUT2D eigenvalue weighted by molar-refractivity contribution is 7.99. The second-order valence-electron chi connectivity index (χ2n) is 12.5. The van der Waals surface area contributed by atoms with Crippen molar-refractivity contribution in [1.29, 1.82) is 0 Å². The van der Waals surface area contributed by atoms with Gasteiger partial charge in [-0.2, -0.15) is 11.8 Å². The van der Waals surface area contributed by atoms with Crippen molar-refractivity contribution in [3.63, 3.8) is 0 Å². The molecule has 0 aliphatic rings. The lowest BCUT2D eigenvalue weighted by atomic mass is 9.78. The summed E-state index contributed by atoms with van der Waals surface area (Å²) in [6, 6.07) is 0. The molecule has 0 aliphatic carbocycles. The average molecular weight is 515 g/mol. The molecule has 6 heteroatoms. The molecule has 0 spiro atoms. The van der Waals surface area contributed by atoms with Crippen LogP contribution in [0.4, 0.5) is 0 Å². The van der Waals surface area contributed by atoms with Crippen LogP contribution >= 0.6 is 11.8 Å². The minimum absolute atomic E-state index is 0.120. The highest BCUT2D eigenvalue weighted by Crippen LogP contribution is 2.33. The molecule has 5 nitrogen and oxygen atoms in total. The molecule has 2 amide bonds. The summed E-state index contributed by atoms with van der Waals surface area (Å²) in [5.41, 5.74) is -0.170. The van der Waals surface area contributed by atoms with Crippen molar-refractivity contribution in [3.05, 3.63) is 0 Å². The lowest BCUT2D eigenvalue weighted by molar-refractivity contribution is -0.135. The second-order valence-corrected chi connectivity index (χ2v) is 13.6. The molecule has 0 unspecified atom stereocenters. The Morgan fingerprint density at radius 2 is 1.34 bits per heavy atom. The number of amides is 2.